The van der Waals surface area contributed by atoms with Crippen LogP contribution in [0.25, 0.3) is 11.6 Å². The van der Waals surface area contributed by atoms with Crippen molar-refractivity contribution in [2.24, 2.45) is 0 Å². The van der Waals surface area contributed by atoms with Crippen molar-refractivity contribution in [2.75, 3.05) is 19.0 Å². The third-order valence-electron chi connectivity index (χ3n) is 4.60. The zero-order valence-corrected chi connectivity index (χ0v) is 19.8. The molecule has 0 heterocycles. The molecule has 0 aliphatic carbocycles. The minimum Gasteiger partial charge on any atom is -0.497 e. The van der Waals surface area contributed by atoms with Crippen LogP contribution in [0.15, 0.2) is 65.1 Å². The number of hydrogen-bond acceptors (Lipinski definition) is 4. The number of ether oxygens (including phenoxy) is 2. The van der Waals surface area contributed by atoms with Crippen LogP contribution in [0, 0.1) is 18.3 Å². The lowest BCUT2D eigenvalue weighted by Gasteiger charge is -2.10. The molecular formula is C25H20BrClN2O3. The first-order valence-corrected chi connectivity index (χ1v) is 10.8. The van der Waals surface area contributed by atoms with Gasteiger partial charge in [0.1, 0.15) is 11.5 Å². The van der Waals surface area contributed by atoms with E-state index in [0.29, 0.717) is 26.5 Å². The molecule has 3 rings (SSSR count). The van der Waals surface area contributed by atoms with E-state index in [1.807, 2.05) is 49.4 Å². The van der Waals surface area contributed by atoms with Gasteiger partial charge < -0.3 is 14.8 Å². The summed E-state index contributed by atoms with van der Waals surface area (Å²) in [5.41, 5.74) is 3.67. The average molecular weight is 512 g/mol. The number of nitriles is 1. The molecule has 0 atom stereocenters. The van der Waals surface area contributed by atoms with Gasteiger partial charge in [-0.1, -0.05) is 23.7 Å². The zero-order valence-electron chi connectivity index (χ0n) is 17.5. The SMILES string of the molecule is COc1ccc(/C(C#N)=C/c2ccc(OCC(=O)Nc3ccc(C)c(Cl)c3)c(Br)c2)cc1. The first-order chi connectivity index (χ1) is 15.4. The molecular weight excluding hydrogens is 492 g/mol. The maximum absolute atomic E-state index is 12.2. The number of anilines is 1. The van der Waals surface area contributed by atoms with Gasteiger partial charge in [0.25, 0.3) is 5.91 Å². The molecule has 1 N–H and O–H groups in total. The number of nitrogens with zero attached hydrogens (tertiary/aromatic N) is 1. The lowest BCUT2D eigenvalue weighted by molar-refractivity contribution is -0.118. The normalized spacial score (nSPS) is 10.9. The summed E-state index contributed by atoms with van der Waals surface area (Å²) >= 11 is 9.55. The van der Waals surface area contributed by atoms with Gasteiger partial charge in [0.05, 0.1) is 23.2 Å². The van der Waals surface area contributed by atoms with Crippen molar-refractivity contribution in [3.05, 3.63) is 86.8 Å². The molecule has 0 aliphatic heterocycles. The van der Waals surface area contributed by atoms with Crippen molar-refractivity contribution in [1.29, 1.82) is 5.26 Å². The van der Waals surface area contributed by atoms with Crippen LogP contribution in [-0.2, 0) is 4.79 Å². The largest absolute Gasteiger partial charge is 0.497 e. The van der Waals surface area contributed by atoms with E-state index in [0.717, 1.165) is 22.4 Å². The lowest BCUT2D eigenvalue weighted by atomic mass is 10.0. The highest BCUT2D eigenvalue weighted by molar-refractivity contribution is 9.10. The first kappa shape index (κ1) is 23.4. The molecule has 0 aliphatic rings. The molecule has 3 aromatic carbocycles. The number of methoxy groups -OCH3 is 1. The summed E-state index contributed by atoms with van der Waals surface area (Å²) in [5, 5.41) is 12.9. The van der Waals surface area contributed by atoms with Gasteiger partial charge in [0.15, 0.2) is 6.61 Å². The number of amides is 1. The summed E-state index contributed by atoms with van der Waals surface area (Å²) in [7, 11) is 1.60. The molecule has 0 radical (unpaired) electrons. The third kappa shape index (κ3) is 6.13. The molecule has 0 saturated carbocycles. The second-order valence-electron chi connectivity index (χ2n) is 6.89. The number of allylic oxidation sites excluding steroid dienone is 1. The first-order valence-electron chi connectivity index (χ1n) is 9.64. The summed E-state index contributed by atoms with van der Waals surface area (Å²) in [6, 6.07) is 20.2. The number of carbonyl (C=O) groups excluding carboxylic acids is 1. The van der Waals surface area contributed by atoms with Crippen LogP contribution < -0.4 is 14.8 Å². The van der Waals surface area contributed by atoms with Crippen molar-refractivity contribution in [3.63, 3.8) is 0 Å². The van der Waals surface area contributed by atoms with Crippen LogP contribution in [0.5, 0.6) is 11.5 Å². The molecule has 3 aromatic rings. The van der Waals surface area contributed by atoms with Crippen molar-refractivity contribution >= 4 is 50.8 Å². The van der Waals surface area contributed by atoms with Gasteiger partial charge in [-0.2, -0.15) is 5.26 Å². The van der Waals surface area contributed by atoms with Gasteiger partial charge in [-0.25, -0.2) is 0 Å². The van der Waals surface area contributed by atoms with Crippen molar-refractivity contribution in [2.45, 2.75) is 6.92 Å². The standard InChI is InChI=1S/C25H20BrClN2O3/c1-16-3-7-20(13-23(16)27)29-25(30)15-32-24-10-4-17(12-22(24)26)11-19(14-28)18-5-8-21(31-2)9-6-18/h3-13H,15H2,1-2H3,(H,29,30)/b19-11+. The van der Waals surface area contributed by atoms with E-state index in [1.165, 1.54) is 0 Å². The number of aryl methyl sites for hydroxylation is 1. The van der Waals surface area contributed by atoms with Crippen LogP contribution in [0.4, 0.5) is 5.69 Å². The summed E-state index contributed by atoms with van der Waals surface area (Å²) in [5.74, 6) is 0.944. The van der Waals surface area contributed by atoms with Crippen molar-refractivity contribution in [3.8, 4) is 17.6 Å². The predicted molar refractivity (Wildman–Crippen MR) is 131 cm³/mol. The molecule has 162 valence electrons. The molecule has 0 bridgehead atoms. The highest BCUT2D eigenvalue weighted by Crippen LogP contribution is 2.28. The van der Waals surface area contributed by atoms with Crippen molar-refractivity contribution in [1.82, 2.24) is 0 Å². The molecule has 0 fully saturated rings. The van der Waals surface area contributed by atoms with Crippen LogP contribution in [0.1, 0.15) is 16.7 Å². The maximum Gasteiger partial charge on any atom is 0.262 e. The second-order valence-corrected chi connectivity index (χ2v) is 8.15. The van der Waals surface area contributed by atoms with Gasteiger partial charge in [-0.3, -0.25) is 4.79 Å². The average Bonchev–Trinajstić information content (AvgIpc) is 2.79. The molecule has 7 heteroatoms. The number of carbonyl (C=O) groups is 1. The van der Waals surface area contributed by atoms with E-state index >= 15 is 0 Å². The number of hydrogen-bond donors (Lipinski definition) is 1. The summed E-state index contributed by atoms with van der Waals surface area (Å²) in [4.78, 5) is 12.2. The van der Waals surface area contributed by atoms with Gasteiger partial charge in [0, 0.05) is 10.7 Å². The van der Waals surface area contributed by atoms with Crippen LogP contribution in [-0.4, -0.2) is 19.6 Å². The Balaban J connectivity index is 1.66. The van der Waals surface area contributed by atoms with Crippen LogP contribution in [0.3, 0.4) is 0 Å². The fourth-order valence-corrected chi connectivity index (χ4v) is 3.54. The number of halogens is 2. The predicted octanol–water partition coefficient (Wildman–Crippen LogP) is 6.50. The van der Waals surface area contributed by atoms with Gasteiger partial charge in [-0.05, 0) is 94.2 Å². The van der Waals surface area contributed by atoms with Gasteiger partial charge in [-0.15, -0.1) is 0 Å². The van der Waals surface area contributed by atoms with E-state index in [-0.39, 0.29) is 12.5 Å². The summed E-state index contributed by atoms with van der Waals surface area (Å²) in [6.45, 7) is 1.73. The Hall–Kier alpha value is -3.27. The molecule has 1 amide bonds. The van der Waals surface area contributed by atoms with E-state index < -0.39 is 0 Å². The number of benzene rings is 3. The molecule has 32 heavy (non-hydrogen) atoms. The Morgan fingerprint density at radius 3 is 2.53 bits per heavy atom. The molecule has 0 spiro atoms. The van der Waals surface area contributed by atoms with Crippen LogP contribution >= 0.6 is 27.5 Å². The molecule has 5 nitrogen and oxygen atoms in total. The number of rotatable bonds is 7. The Morgan fingerprint density at radius 1 is 1.16 bits per heavy atom. The van der Waals surface area contributed by atoms with E-state index in [1.54, 1.807) is 31.4 Å². The second kappa shape index (κ2) is 10.9. The monoisotopic (exact) mass is 510 g/mol. The fraction of sp³-hybridized carbons (Fsp3) is 0.120. The highest BCUT2D eigenvalue weighted by Gasteiger charge is 2.09. The molecule has 0 saturated heterocycles. The van der Waals surface area contributed by atoms with Gasteiger partial charge >= 0.3 is 0 Å². The minimum atomic E-state index is -0.299. The Morgan fingerprint density at radius 2 is 1.91 bits per heavy atom. The lowest BCUT2D eigenvalue weighted by Crippen LogP contribution is -2.20. The Bertz CT molecular complexity index is 1200. The maximum atomic E-state index is 12.2. The van der Waals surface area contributed by atoms with E-state index in [9.17, 15) is 10.1 Å². The highest BCUT2D eigenvalue weighted by atomic mass is 79.9. The summed E-state index contributed by atoms with van der Waals surface area (Å²) < 4.78 is 11.5. The topological polar surface area (TPSA) is 71.3 Å². The quantitative estimate of drug-likeness (QED) is 0.290. The van der Waals surface area contributed by atoms with Gasteiger partial charge in [0.2, 0.25) is 0 Å². The van der Waals surface area contributed by atoms with Crippen molar-refractivity contribution < 1.29 is 14.3 Å². The molecule has 0 aromatic heterocycles. The smallest absolute Gasteiger partial charge is 0.262 e. The fourth-order valence-electron chi connectivity index (χ4n) is 2.85. The van der Waals surface area contributed by atoms with Crippen LogP contribution in [0.2, 0.25) is 5.02 Å². The minimum absolute atomic E-state index is 0.158. The van der Waals surface area contributed by atoms with E-state index in [2.05, 4.69) is 27.3 Å². The summed E-state index contributed by atoms with van der Waals surface area (Å²) in [6.07, 6.45) is 1.78. The Kier molecular flexibility index (Phi) is 7.93. The number of nitrogens with one attached hydrogen (secondary N) is 1. The third-order valence-corrected chi connectivity index (χ3v) is 5.63. The zero-order chi connectivity index (χ0) is 23.1. The Labute approximate surface area is 200 Å². The molecule has 0 unspecified atom stereocenters. The van der Waals surface area contributed by atoms with E-state index in [4.69, 9.17) is 21.1 Å².